The second-order valence-electron chi connectivity index (χ2n) is 5.98. The number of aryl methyl sites for hydroxylation is 2. The van der Waals surface area contributed by atoms with Gasteiger partial charge >= 0.3 is 5.97 Å². The number of Topliss-reactive ketones (excluding diaryl/α,β-unsaturated/α-hetero) is 1. The number of hydrogen-bond acceptors (Lipinski definition) is 6. The van der Waals surface area contributed by atoms with E-state index >= 15 is 0 Å². The number of H-pyrrole nitrogens is 2. The maximum Gasteiger partial charge on any atom is 0.340 e. The van der Waals surface area contributed by atoms with Crippen molar-refractivity contribution in [3.8, 4) is 5.75 Å². The molecule has 0 saturated heterocycles. The number of aromatic nitrogens is 3. The van der Waals surface area contributed by atoms with Crippen molar-refractivity contribution in [2.45, 2.75) is 25.9 Å². The highest BCUT2D eigenvalue weighted by Crippen LogP contribution is 2.26. The second kappa shape index (κ2) is 7.87. The minimum atomic E-state index is -0.483. The van der Waals surface area contributed by atoms with E-state index in [0.717, 1.165) is 16.8 Å². The molecule has 0 aliphatic heterocycles. The number of imidazole rings is 1. The van der Waals surface area contributed by atoms with Gasteiger partial charge in [-0.3, -0.25) is 4.79 Å². The van der Waals surface area contributed by atoms with Gasteiger partial charge in [-0.25, -0.2) is 9.78 Å². The molecular weight excluding hydrogens is 366 g/mol. The van der Waals surface area contributed by atoms with Crippen LogP contribution in [0.5, 0.6) is 5.75 Å². The minimum Gasteiger partial charge on any atom is -0.497 e. The molecule has 7 nitrogen and oxygen atoms in total. The van der Waals surface area contributed by atoms with E-state index in [1.54, 1.807) is 27.9 Å². The molecule has 1 aromatic carbocycles. The van der Waals surface area contributed by atoms with Gasteiger partial charge in [0, 0.05) is 17.5 Å². The number of thioether (sulfide) groups is 1. The maximum atomic E-state index is 12.8. The number of carbonyl (C=O) groups is 2. The largest absolute Gasteiger partial charge is 0.497 e. The van der Waals surface area contributed by atoms with Crippen LogP contribution in [0, 0.1) is 13.8 Å². The van der Waals surface area contributed by atoms with Crippen LogP contribution in [0.2, 0.25) is 0 Å². The summed E-state index contributed by atoms with van der Waals surface area (Å²) in [6.45, 7) is 5.53. The molecule has 0 aliphatic carbocycles. The Morgan fingerprint density at radius 1 is 1.15 bits per heavy atom. The van der Waals surface area contributed by atoms with Crippen molar-refractivity contribution >= 4 is 34.5 Å². The van der Waals surface area contributed by atoms with Gasteiger partial charge in [0.2, 0.25) is 0 Å². The normalized spacial score (nSPS) is 11.0. The molecule has 0 saturated carbocycles. The Kier molecular flexibility index (Phi) is 5.55. The Bertz CT molecular complexity index is 1010. The van der Waals surface area contributed by atoms with E-state index < -0.39 is 5.97 Å². The number of methoxy groups -OCH3 is 1. The molecule has 0 radical (unpaired) electrons. The highest BCUT2D eigenvalue weighted by atomic mass is 32.2. The first kappa shape index (κ1) is 19.0. The van der Waals surface area contributed by atoms with Gasteiger partial charge in [-0.15, -0.1) is 0 Å². The summed E-state index contributed by atoms with van der Waals surface area (Å²) in [5.74, 6) is 0.254. The quantitative estimate of drug-likeness (QED) is 0.365. The van der Waals surface area contributed by atoms with Gasteiger partial charge < -0.3 is 19.4 Å². The van der Waals surface area contributed by atoms with Crippen LogP contribution in [0.1, 0.15) is 39.0 Å². The van der Waals surface area contributed by atoms with Crippen LogP contribution in [0.25, 0.3) is 11.0 Å². The van der Waals surface area contributed by atoms with Gasteiger partial charge in [0.05, 0.1) is 41.6 Å². The molecule has 2 aromatic heterocycles. The average molecular weight is 387 g/mol. The Morgan fingerprint density at radius 3 is 2.59 bits per heavy atom. The van der Waals surface area contributed by atoms with Crippen molar-refractivity contribution in [2.75, 3.05) is 19.5 Å². The lowest BCUT2D eigenvalue weighted by Crippen LogP contribution is -2.13. The fourth-order valence-electron chi connectivity index (χ4n) is 2.95. The van der Waals surface area contributed by atoms with Crippen molar-refractivity contribution in [1.82, 2.24) is 15.0 Å². The highest BCUT2D eigenvalue weighted by molar-refractivity contribution is 7.99. The van der Waals surface area contributed by atoms with Crippen molar-refractivity contribution in [2.24, 2.45) is 0 Å². The SMILES string of the molecule is CCOC(=O)c1c(C)[nH]c(C)c1C(=O)CSc1nc2ccc(OC)cc2[nH]1. The molecule has 27 heavy (non-hydrogen) atoms. The monoisotopic (exact) mass is 387 g/mol. The van der Waals surface area contributed by atoms with E-state index in [4.69, 9.17) is 9.47 Å². The smallest absolute Gasteiger partial charge is 0.340 e. The maximum absolute atomic E-state index is 12.8. The summed E-state index contributed by atoms with van der Waals surface area (Å²) in [5, 5.41) is 0.634. The number of carbonyl (C=O) groups excluding carboxylic acids is 2. The Balaban J connectivity index is 1.79. The van der Waals surface area contributed by atoms with Gasteiger partial charge in [0.1, 0.15) is 5.75 Å². The highest BCUT2D eigenvalue weighted by Gasteiger charge is 2.25. The van der Waals surface area contributed by atoms with E-state index in [9.17, 15) is 9.59 Å². The van der Waals surface area contributed by atoms with Gasteiger partial charge in [-0.05, 0) is 32.9 Å². The number of aromatic amines is 2. The fraction of sp³-hybridized carbons (Fsp3) is 0.316. The third-order valence-corrected chi connectivity index (χ3v) is 5.01. The average Bonchev–Trinajstić information content (AvgIpc) is 3.18. The summed E-state index contributed by atoms with van der Waals surface area (Å²) in [6.07, 6.45) is 0. The molecule has 3 rings (SSSR count). The number of fused-ring (bicyclic) bond motifs is 1. The lowest BCUT2D eigenvalue weighted by Gasteiger charge is -2.05. The molecule has 0 spiro atoms. The molecule has 8 heteroatoms. The standard InChI is InChI=1S/C19H21N3O4S/c1-5-26-18(24)17-11(3)20-10(2)16(17)15(23)9-27-19-21-13-7-6-12(25-4)8-14(13)22-19/h6-8,20H,5,9H2,1-4H3,(H,21,22). The number of nitrogens with zero attached hydrogens (tertiary/aromatic N) is 1. The molecule has 0 fully saturated rings. The van der Waals surface area contributed by atoms with Crippen LogP contribution in [0.4, 0.5) is 0 Å². The van der Waals surface area contributed by atoms with E-state index in [0.29, 0.717) is 27.7 Å². The van der Waals surface area contributed by atoms with Gasteiger partial charge in [0.25, 0.3) is 0 Å². The molecule has 0 atom stereocenters. The molecular formula is C19H21N3O4S. The molecule has 0 unspecified atom stereocenters. The first-order chi connectivity index (χ1) is 12.9. The summed E-state index contributed by atoms with van der Waals surface area (Å²) in [5.41, 5.74) is 3.63. The zero-order valence-corrected chi connectivity index (χ0v) is 16.5. The Labute approximate surface area is 160 Å². The van der Waals surface area contributed by atoms with Gasteiger partial charge in [-0.1, -0.05) is 11.8 Å². The summed E-state index contributed by atoms with van der Waals surface area (Å²) >= 11 is 1.29. The van der Waals surface area contributed by atoms with Crippen molar-refractivity contribution < 1.29 is 19.1 Å². The molecule has 2 heterocycles. The minimum absolute atomic E-state index is 0.150. The van der Waals surface area contributed by atoms with E-state index in [1.165, 1.54) is 11.8 Å². The number of benzene rings is 1. The van der Waals surface area contributed by atoms with Crippen LogP contribution in [0.3, 0.4) is 0 Å². The predicted molar refractivity (Wildman–Crippen MR) is 104 cm³/mol. The lowest BCUT2D eigenvalue weighted by molar-refractivity contribution is 0.0522. The molecule has 0 bridgehead atoms. The van der Waals surface area contributed by atoms with Crippen molar-refractivity contribution in [1.29, 1.82) is 0 Å². The third-order valence-electron chi connectivity index (χ3n) is 4.14. The zero-order valence-electron chi connectivity index (χ0n) is 15.6. The van der Waals surface area contributed by atoms with Crippen LogP contribution in [-0.2, 0) is 4.74 Å². The molecule has 2 N–H and O–H groups in total. The summed E-state index contributed by atoms with van der Waals surface area (Å²) < 4.78 is 10.3. The predicted octanol–water partition coefficient (Wildman–Crippen LogP) is 3.67. The van der Waals surface area contributed by atoms with Crippen molar-refractivity contribution in [3.63, 3.8) is 0 Å². The Morgan fingerprint density at radius 2 is 1.89 bits per heavy atom. The first-order valence-electron chi connectivity index (χ1n) is 8.50. The number of ketones is 1. The number of hydrogen-bond donors (Lipinski definition) is 2. The van der Waals surface area contributed by atoms with Crippen LogP contribution in [-0.4, -0.2) is 46.2 Å². The third kappa shape index (κ3) is 3.85. The number of rotatable bonds is 7. The van der Waals surface area contributed by atoms with E-state index in [-0.39, 0.29) is 18.1 Å². The van der Waals surface area contributed by atoms with E-state index in [2.05, 4.69) is 15.0 Å². The first-order valence-corrected chi connectivity index (χ1v) is 9.49. The fourth-order valence-corrected chi connectivity index (χ4v) is 3.71. The van der Waals surface area contributed by atoms with Crippen LogP contribution < -0.4 is 4.74 Å². The number of ether oxygens (including phenoxy) is 2. The summed E-state index contributed by atoms with van der Waals surface area (Å²) in [4.78, 5) is 35.7. The van der Waals surface area contributed by atoms with Gasteiger partial charge in [-0.2, -0.15) is 0 Å². The van der Waals surface area contributed by atoms with Crippen LogP contribution >= 0.6 is 11.8 Å². The topological polar surface area (TPSA) is 97.1 Å². The number of nitrogens with one attached hydrogen (secondary N) is 2. The molecule has 0 aliphatic rings. The molecule has 142 valence electrons. The second-order valence-corrected chi connectivity index (χ2v) is 6.95. The van der Waals surface area contributed by atoms with E-state index in [1.807, 2.05) is 18.2 Å². The molecule has 0 amide bonds. The summed E-state index contributed by atoms with van der Waals surface area (Å²) in [7, 11) is 1.61. The lowest BCUT2D eigenvalue weighted by atomic mass is 10.1. The summed E-state index contributed by atoms with van der Waals surface area (Å²) in [6, 6.07) is 5.54. The Hall–Kier alpha value is -2.74. The van der Waals surface area contributed by atoms with Crippen LogP contribution in [0.15, 0.2) is 23.4 Å². The van der Waals surface area contributed by atoms with Crippen molar-refractivity contribution in [3.05, 3.63) is 40.7 Å². The number of esters is 1. The molecule has 3 aromatic rings. The van der Waals surface area contributed by atoms with Gasteiger partial charge in [0.15, 0.2) is 10.9 Å². The zero-order chi connectivity index (χ0) is 19.6.